The van der Waals surface area contributed by atoms with Gasteiger partial charge in [-0.05, 0) is 36.3 Å². The molecule has 0 fully saturated rings. The molecule has 36 heavy (non-hydrogen) atoms. The summed E-state index contributed by atoms with van der Waals surface area (Å²) in [6.07, 6.45) is 4.31. The number of hydrogen-bond acceptors (Lipinski definition) is 8. The molecule has 2 heterocycles. The number of ketones is 1. The minimum absolute atomic E-state index is 0.00276. The number of carbonyl (C=O) groups is 3. The summed E-state index contributed by atoms with van der Waals surface area (Å²) in [5.74, 6) is -2.73. The van der Waals surface area contributed by atoms with E-state index in [1.807, 2.05) is 30.3 Å². The van der Waals surface area contributed by atoms with Gasteiger partial charge in [-0.25, -0.2) is 9.78 Å². The molecule has 0 saturated heterocycles. The van der Waals surface area contributed by atoms with Gasteiger partial charge in [-0.1, -0.05) is 72.5 Å². The maximum Gasteiger partial charge on any atom is 0.350 e. The van der Waals surface area contributed by atoms with Crippen LogP contribution in [0.2, 0.25) is 0 Å². The molecule has 1 aliphatic rings. The van der Waals surface area contributed by atoms with Crippen LogP contribution in [0.25, 0.3) is 6.08 Å². The van der Waals surface area contributed by atoms with Crippen LogP contribution < -0.4 is 4.90 Å². The number of aromatic hydroxyl groups is 1. The number of rotatable bonds is 8. The largest absolute Gasteiger partial charge is 0.508 e. The lowest BCUT2D eigenvalue weighted by Gasteiger charge is -2.24. The van der Waals surface area contributed by atoms with Crippen LogP contribution in [-0.4, -0.2) is 39.5 Å². The number of aliphatic hydroxyl groups is 1. The highest BCUT2D eigenvalue weighted by molar-refractivity contribution is 7.17. The lowest BCUT2D eigenvalue weighted by molar-refractivity contribution is -0.117. The number of carbonyl (C=O) groups excluding carboxylic acids is 3. The Labute approximate surface area is 211 Å². The van der Waals surface area contributed by atoms with Crippen molar-refractivity contribution in [3.63, 3.8) is 0 Å². The maximum atomic E-state index is 13.3. The van der Waals surface area contributed by atoms with Crippen molar-refractivity contribution in [1.82, 2.24) is 4.98 Å². The van der Waals surface area contributed by atoms with E-state index in [-0.39, 0.29) is 27.9 Å². The van der Waals surface area contributed by atoms with Crippen molar-refractivity contribution < 1.29 is 29.3 Å². The second kappa shape index (κ2) is 10.4. The number of aliphatic hydroxyl groups excluding tert-OH is 1. The van der Waals surface area contributed by atoms with E-state index in [1.54, 1.807) is 25.1 Å². The first-order valence-electron chi connectivity index (χ1n) is 10.9. The molecule has 1 unspecified atom stereocenters. The van der Waals surface area contributed by atoms with Crippen LogP contribution in [-0.2, 0) is 14.3 Å². The third-order valence-corrected chi connectivity index (χ3v) is 6.55. The van der Waals surface area contributed by atoms with E-state index < -0.39 is 29.5 Å². The van der Waals surface area contributed by atoms with Crippen molar-refractivity contribution in [2.24, 2.45) is 0 Å². The van der Waals surface area contributed by atoms with Crippen LogP contribution in [0.3, 0.4) is 0 Å². The fraction of sp³-hybridized carbons (Fsp3) is 0.111. The lowest BCUT2D eigenvalue weighted by Crippen LogP contribution is -2.30. The Morgan fingerprint density at radius 3 is 2.50 bits per heavy atom. The molecule has 0 spiro atoms. The minimum atomic E-state index is -1.03. The summed E-state index contributed by atoms with van der Waals surface area (Å²) in [5.41, 5.74) is 1.43. The van der Waals surface area contributed by atoms with Gasteiger partial charge in [-0.2, -0.15) is 0 Å². The summed E-state index contributed by atoms with van der Waals surface area (Å²) in [4.78, 5) is 44.7. The van der Waals surface area contributed by atoms with Crippen LogP contribution >= 0.6 is 11.3 Å². The molecular weight excluding hydrogens is 480 g/mol. The van der Waals surface area contributed by atoms with Crippen molar-refractivity contribution in [2.45, 2.75) is 13.0 Å². The molecule has 0 radical (unpaired) electrons. The maximum absolute atomic E-state index is 13.3. The Kier molecular flexibility index (Phi) is 7.12. The normalized spacial score (nSPS) is 15.5. The van der Waals surface area contributed by atoms with Gasteiger partial charge in [0, 0.05) is 0 Å². The summed E-state index contributed by atoms with van der Waals surface area (Å²) in [5, 5.41) is 20.7. The van der Waals surface area contributed by atoms with Gasteiger partial charge in [0.2, 0.25) is 0 Å². The van der Waals surface area contributed by atoms with Crippen LogP contribution in [0.5, 0.6) is 5.75 Å². The number of anilines is 1. The van der Waals surface area contributed by atoms with E-state index in [0.717, 1.165) is 16.9 Å². The van der Waals surface area contributed by atoms with Crippen molar-refractivity contribution >= 4 is 40.2 Å². The van der Waals surface area contributed by atoms with Crippen molar-refractivity contribution in [3.05, 3.63) is 106 Å². The molecule has 9 heteroatoms. The Bertz CT molecular complexity index is 1390. The van der Waals surface area contributed by atoms with Crippen LogP contribution in [0.1, 0.15) is 32.5 Å². The number of allylic oxidation sites excluding steroid dienone is 1. The Morgan fingerprint density at radius 2 is 1.83 bits per heavy atom. The molecule has 1 amide bonds. The number of phenolic OH excluding ortho intramolecular Hbond substituents is 1. The molecule has 1 aliphatic heterocycles. The van der Waals surface area contributed by atoms with Crippen molar-refractivity contribution in [3.8, 4) is 5.75 Å². The molecule has 0 aliphatic carbocycles. The molecule has 182 valence electrons. The van der Waals surface area contributed by atoms with Gasteiger partial charge in [0.1, 0.15) is 17.2 Å². The van der Waals surface area contributed by atoms with Crippen molar-refractivity contribution in [2.75, 3.05) is 11.5 Å². The molecule has 0 saturated carbocycles. The highest BCUT2D eigenvalue weighted by Gasteiger charge is 2.45. The number of thiazole rings is 1. The molecule has 1 atom stereocenters. The number of amides is 1. The second-order valence-electron chi connectivity index (χ2n) is 7.84. The van der Waals surface area contributed by atoms with Crippen LogP contribution in [0, 0.1) is 6.92 Å². The van der Waals surface area contributed by atoms with E-state index in [9.17, 15) is 24.6 Å². The fourth-order valence-electron chi connectivity index (χ4n) is 3.73. The SMILES string of the molecule is C=CCOC(=O)c1sc(N2C(=O)C(O)=C(C(=O)C=Cc3ccccc3)C2c2ccc(O)cc2)nc1C. The van der Waals surface area contributed by atoms with Gasteiger partial charge in [-0.3, -0.25) is 14.5 Å². The molecule has 2 N–H and O–H groups in total. The van der Waals surface area contributed by atoms with Gasteiger partial charge in [0.25, 0.3) is 5.91 Å². The third-order valence-electron chi connectivity index (χ3n) is 5.42. The zero-order valence-electron chi connectivity index (χ0n) is 19.2. The first kappa shape index (κ1) is 24.6. The van der Waals surface area contributed by atoms with Gasteiger partial charge < -0.3 is 14.9 Å². The quantitative estimate of drug-likeness (QED) is 0.261. The number of benzene rings is 2. The molecule has 3 aromatic rings. The third kappa shape index (κ3) is 4.82. The molecule has 0 bridgehead atoms. The van der Waals surface area contributed by atoms with Gasteiger partial charge in [0.05, 0.1) is 17.3 Å². The van der Waals surface area contributed by atoms with E-state index in [1.165, 1.54) is 29.2 Å². The van der Waals surface area contributed by atoms with Gasteiger partial charge >= 0.3 is 5.97 Å². The Hall–Kier alpha value is -4.50. The number of phenols is 1. The van der Waals surface area contributed by atoms with Crippen LogP contribution in [0.4, 0.5) is 5.13 Å². The van der Waals surface area contributed by atoms with E-state index >= 15 is 0 Å². The monoisotopic (exact) mass is 502 g/mol. The topological polar surface area (TPSA) is 117 Å². The summed E-state index contributed by atoms with van der Waals surface area (Å²) in [7, 11) is 0. The molecule has 8 nitrogen and oxygen atoms in total. The highest BCUT2D eigenvalue weighted by Crippen LogP contribution is 2.43. The number of ether oxygens (including phenoxy) is 1. The number of hydrogen-bond donors (Lipinski definition) is 2. The fourth-order valence-corrected chi connectivity index (χ4v) is 4.71. The number of aryl methyl sites for hydroxylation is 1. The number of nitrogens with zero attached hydrogens (tertiary/aromatic N) is 2. The summed E-state index contributed by atoms with van der Waals surface area (Å²) in [6, 6.07) is 14.0. The number of esters is 1. The minimum Gasteiger partial charge on any atom is -0.508 e. The van der Waals surface area contributed by atoms with Gasteiger partial charge in [-0.15, -0.1) is 0 Å². The average Bonchev–Trinajstić information content (AvgIpc) is 3.39. The summed E-state index contributed by atoms with van der Waals surface area (Å²) < 4.78 is 5.10. The van der Waals surface area contributed by atoms with Gasteiger partial charge in [0.15, 0.2) is 16.7 Å². The Morgan fingerprint density at radius 1 is 1.14 bits per heavy atom. The van der Waals surface area contributed by atoms with Crippen LogP contribution in [0.15, 0.2) is 84.7 Å². The second-order valence-corrected chi connectivity index (χ2v) is 8.82. The van der Waals surface area contributed by atoms with E-state index in [4.69, 9.17) is 4.74 Å². The predicted molar refractivity (Wildman–Crippen MR) is 136 cm³/mol. The highest BCUT2D eigenvalue weighted by atomic mass is 32.1. The molecule has 2 aromatic carbocycles. The molecule has 4 rings (SSSR count). The smallest absolute Gasteiger partial charge is 0.350 e. The zero-order valence-corrected chi connectivity index (χ0v) is 20.1. The predicted octanol–water partition coefficient (Wildman–Crippen LogP) is 4.68. The summed E-state index contributed by atoms with van der Waals surface area (Å²) >= 11 is 0.915. The van der Waals surface area contributed by atoms with E-state index in [2.05, 4.69) is 11.6 Å². The first-order valence-corrected chi connectivity index (χ1v) is 11.7. The first-order chi connectivity index (χ1) is 17.3. The summed E-state index contributed by atoms with van der Waals surface area (Å²) in [6.45, 7) is 5.13. The van der Waals surface area contributed by atoms with Crippen molar-refractivity contribution in [1.29, 1.82) is 0 Å². The average molecular weight is 503 g/mol. The molecule has 1 aromatic heterocycles. The Balaban J connectivity index is 1.76. The standard InChI is InChI=1S/C27H22N2O6S/c1-3-15-35-26(34)24-16(2)28-27(36-24)29-22(18-10-12-19(30)13-11-18)21(23(32)25(29)33)20(31)14-9-17-7-5-4-6-8-17/h3-14,22,30,32H,1,15H2,2H3. The zero-order chi connectivity index (χ0) is 25.8. The van der Waals surface area contributed by atoms with E-state index in [0.29, 0.717) is 11.3 Å². The number of aromatic nitrogens is 1. The lowest BCUT2D eigenvalue weighted by atomic mass is 9.95. The molecular formula is C27H22N2O6S.